The van der Waals surface area contributed by atoms with Crippen molar-refractivity contribution in [1.29, 1.82) is 0 Å². The normalized spacial score (nSPS) is 14.1. The highest BCUT2D eigenvalue weighted by Crippen LogP contribution is 2.14. The predicted octanol–water partition coefficient (Wildman–Crippen LogP) is 0.377. The quantitative estimate of drug-likeness (QED) is 0.358. The van der Waals surface area contributed by atoms with Crippen LogP contribution in [0.2, 0.25) is 0 Å². The first-order valence-electron chi connectivity index (χ1n) is 8.03. The van der Waals surface area contributed by atoms with Gasteiger partial charge in [-0.1, -0.05) is 24.3 Å². The minimum Gasteiger partial charge on any atom is -0.433 e. The number of imide groups is 1. The molecule has 0 bridgehead atoms. The molecule has 28 heavy (non-hydrogen) atoms. The van der Waals surface area contributed by atoms with Crippen LogP contribution < -0.4 is 0 Å². The van der Waals surface area contributed by atoms with Crippen LogP contribution in [0.3, 0.4) is 0 Å². The third kappa shape index (κ3) is 6.96. The van der Waals surface area contributed by atoms with Gasteiger partial charge >= 0.3 is 12.1 Å². The Balaban J connectivity index is 1.75. The van der Waals surface area contributed by atoms with Crippen molar-refractivity contribution in [3.63, 3.8) is 0 Å². The Morgan fingerprint density at radius 1 is 1.00 bits per heavy atom. The molecule has 1 aromatic rings. The van der Waals surface area contributed by atoms with Crippen LogP contribution in [-0.2, 0) is 51.8 Å². The van der Waals surface area contributed by atoms with Crippen molar-refractivity contribution in [3.8, 4) is 0 Å². The van der Waals surface area contributed by atoms with Gasteiger partial charge in [0.05, 0.1) is 6.42 Å². The average molecular weight is 415 g/mol. The van der Waals surface area contributed by atoms with Crippen molar-refractivity contribution in [3.05, 3.63) is 35.4 Å². The molecule has 0 spiro atoms. The van der Waals surface area contributed by atoms with E-state index in [9.17, 15) is 27.6 Å². The summed E-state index contributed by atoms with van der Waals surface area (Å²) in [7, 11) is -4.23. The Morgan fingerprint density at radius 3 is 2.14 bits per heavy atom. The fraction of sp³-hybridized carbons (Fsp3) is 0.375. The van der Waals surface area contributed by atoms with Crippen LogP contribution in [0.15, 0.2) is 24.3 Å². The van der Waals surface area contributed by atoms with Gasteiger partial charge in [-0.25, -0.2) is 9.59 Å². The molecule has 0 atom stereocenters. The van der Waals surface area contributed by atoms with Crippen LogP contribution in [0, 0.1) is 0 Å². The molecule has 0 unspecified atom stereocenters. The molecule has 1 aromatic carbocycles. The molecule has 12 heteroatoms. The molecular formula is C16H17NO10S. The van der Waals surface area contributed by atoms with E-state index >= 15 is 0 Å². The minimum absolute atomic E-state index is 0.0130. The second-order valence-electron chi connectivity index (χ2n) is 5.71. The summed E-state index contributed by atoms with van der Waals surface area (Å²) in [5.41, 5.74) is 1.11. The summed E-state index contributed by atoms with van der Waals surface area (Å²) >= 11 is 0. The van der Waals surface area contributed by atoms with Gasteiger partial charge in [-0.2, -0.15) is 8.42 Å². The number of nitrogens with zero attached hydrogens (tertiary/aromatic N) is 1. The predicted molar refractivity (Wildman–Crippen MR) is 89.9 cm³/mol. The second-order valence-corrected chi connectivity index (χ2v) is 7.28. The summed E-state index contributed by atoms with van der Waals surface area (Å²) in [6, 6.07) is 6.27. The van der Waals surface area contributed by atoms with E-state index in [-0.39, 0.29) is 25.9 Å². The van der Waals surface area contributed by atoms with Crippen molar-refractivity contribution in [2.45, 2.75) is 25.9 Å². The third-order valence-electron chi connectivity index (χ3n) is 3.49. The maximum absolute atomic E-state index is 11.8. The number of ether oxygens (including phenoxy) is 2. The summed E-state index contributed by atoms with van der Waals surface area (Å²) in [5.74, 6) is -2.62. The first-order valence-corrected chi connectivity index (χ1v) is 9.64. The van der Waals surface area contributed by atoms with Crippen molar-refractivity contribution >= 4 is 34.1 Å². The van der Waals surface area contributed by atoms with E-state index in [0.717, 1.165) is 0 Å². The second kappa shape index (κ2) is 9.28. The summed E-state index contributed by atoms with van der Waals surface area (Å²) in [6.07, 6.45) is -1.25. The Bertz CT molecular complexity index is 846. The van der Waals surface area contributed by atoms with E-state index in [4.69, 9.17) is 14.1 Å². The van der Waals surface area contributed by atoms with Gasteiger partial charge in [-0.3, -0.25) is 14.1 Å². The lowest BCUT2D eigenvalue weighted by atomic mass is 10.1. The monoisotopic (exact) mass is 415 g/mol. The number of amides is 2. The van der Waals surface area contributed by atoms with Gasteiger partial charge in [0, 0.05) is 12.8 Å². The van der Waals surface area contributed by atoms with E-state index in [1.165, 1.54) is 0 Å². The standard InChI is InChI=1S/C16H17NO10S/c18-13-5-6-14(19)17(13)27-15(20)9-11-1-3-12(4-2-11)10-26-16(21)25-7-8-28(22,23)24/h1-4H,5-10H2,(H,22,23,24). The highest BCUT2D eigenvalue weighted by Gasteiger charge is 2.32. The summed E-state index contributed by atoms with van der Waals surface area (Å²) in [6.45, 7) is -0.701. The van der Waals surface area contributed by atoms with Gasteiger partial charge < -0.3 is 14.3 Å². The molecule has 1 heterocycles. The largest absolute Gasteiger partial charge is 0.508 e. The van der Waals surface area contributed by atoms with Gasteiger partial charge in [0.1, 0.15) is 19.0 Å². The van der Waals surface area contributed by atoms with Crippen molar-refractivity contribution in [2.75, 3.05) is 12.4 Å². The smallest absolute Gasteiger partial charge is 0.433 e. The number of hydroxylamine groups is 2. The van der Waals surface area contributed by atoms with Gasteiger partial charge in [0.25, 0.3) is 21.9 Å². The number of rotatable bonds is 8. The topological polar surface area (TPSA) is 154 Å². The summed E-state index contributed by atoms with van der Waals surface area (Å²) < 4.78 is 38.7. The number of benzene rings is 1. The zero-order valence-corrected chi connectivity index (χ0v) is 15.3. The summed E-state index contributed by atoms with van der Waals surface area (Å²) in [5, 5.41) is 0.470. The molecule has 2 amide bonds. The lowest BCUT2D eigenvalue weighted by molar-refractivity contribution is -0.197. The van der Waals surface area contributed by atoms with Crippen molar-refractivity contribution < 1.29 is 46.5 Å². The molecule has 152 valence electrons. The Morgan fingerprint density at radius 2 is 1.57 bits per heavy atom. The van der Waals surface area contributed by atoms with Crippen molar-refractivity contribution in [2.24, 2.45) is 0 Å². The van der Waals surface area contributed by atoms with E-state index < -0.39 is 46.4 Å². The third-order valence-corrected chi connectivity index (χ3v) is 4.17. The number of carbonyl (C=O) groups is 4. The molecule has 1 fully saturated rings. The Labute approximate surface area is 159 Å². The molecule has 1 aliphatic rings. The zero-order chi connectivity index (χ0) is 20.7. The first kappa shape index (κ1) is 21.3. The number of carbonyl (C=O) groups excluding carboxylic acids is 4. The Kier molecular flexibility index (Phi) is 7.06. The minimum atomic E-state index is -4.23. The molecule has 0 radical (unpaired) electrons. The molecular weight excluding hydrogens is 398 g/mol. The molecule has 1 saturated heterocycles. The van der Waals surface area contributed by atoms with E-state index in [1.54, 1.807) is 24.3 Å². The van der Waals surface area contributed by atoms with Crippen LogP contribution in [0.4, 0.5) is 4.79 Å². The fourth-order valence-electron chi connectivity index (χ4n) is 2.13. The van der Waals surface area contributed by atoms with Gasteiger partial charge in [-0.05, 0) is 11.1 Å². The zero-order valence-electron chi connectivity index (χ0n) is 14.5. The maximum Gasteiger partial charge on any atom is 0.508 e. The van der Waals surface area contributed by atoms with E-state index in [0.29, 0.717) is 16.2 Å². The molecule has 2 rings (SSSR count). The first-order chi connectivity index (χ1) is 13.1. The molecule has 0 aromatic heterocycles. The summed E-state index contributed by atoms with van der Waals surface area (Å²) in [4.78, 5) is 50.7. The number of hydrogen-bond donors (Lipinski definition) is 1. The highest BCUT2D eigenvalue weighted by molar-refractivity contribution is 7.85. The van der Waals surface area contributed by atoms with Gasteiger partial charge in [0.2, 0.25) is 0 Å². The lowest BCUT2D eigenvalue weighted by Crippen LogP contribution is -2.32. The van der Waals surface area contributed by atoms with Crippen LogP contribution in [0.25, 0.3) is 0 Å². The van der Waals surface area contributed by atoms with Crippen LogP contribution in [0.5, 0.6) is 0 Å². The maximum atomic E-state index is 11.8. The molecule has 1 aliphatic heterocycles. The van der Waals surface area contributed by atoms with Crippen LogP contribution in [0.1, 0.15) is 24.0 Å². The molecule has 0 saturated carbocycles. The molecule has 0 aliphatic carbocycles. The number of hydrogen-bond acceptors (Lipinski definition) is 9. The van der Waals surface area contributed by atoms with E-state index in [1.807, 2.05) is 0 Å². The molecule has 1 N–H and O–H groups in total. The van der Waals surface area contributed by atoms with E-state index in [2.05, 4.69) is 4.74 Å². The Hall–Kier alpha value is -2.99. The van der Waals surface area contributed by atoms with Gasteiger partial charge in [-0.15, -0.1) is 5.06 Å². The SMILES string of the molecule is O=C(Cc1ccc(COC(=O)OCCS(=O)(=O)O)cc1)ON1C(=O)CCC1=O. The fourth-order valence-corrected chi connectivity index (χ4v) is 2.42. The van der Waals surface area contributed by atoms with Crippen molar-refractivity contribution in [1.82, 2.24) is 5.06 Å². The van der Waals surface area contributed by atoms with Crippen LogP contribution >= 0.6 is 0 Å². The average Bonchev–Trinajstić information content (AvgIpc) is 2.92. The van der Waals surface area contributed by atoms with Crippen LogP contribution in [-0.4, -0.2) is 54.3 Å². The molecule has 11 nitrogen and oxygen atoms in total. The lowest BCUT2D eigenvalue weighted by Gasteiger charge is -2.12. The van der Waals surface area contributed by atoms with Gasteiger partial charge in [0.15, 0.2) is 0 Å². The highest BCUT2D eigenvalue weighted by atomic mass is 32.2.